The Balaban J connectivity index is 2.23. The van der Waals surface area contributed by atoms with Crippen LogP contribution in [0.3, 0.4) is 0 Å². The summed E-state index contributed by atoms with van der Waals surface area (Å²) in [4.78, 5) is 3.84. The molecule has 1 aromatic heterocycles. The first-order valence-corrected chi connectivity index (χ1v) is 5.78. The predicted octanol–water partition coefficient (Wildman–Crippen LogP) is 0.771. The van der Waals surface area contributed by atoms with Crippen LogP contribution in [-0.2, 0) is 10.1 Å². The van der Waals surface area contributed by atoms with Crippen molar-refractivity contribution < 1.29 is 13.0 Å². The Morgan fingerprint density at radius 2 is 2.00 bits per heavy atom. The molecule has 0 bridgehead atoms. The minimum absolute atomic E-state index is 0.217. The Labute approximate surface area is 82.9 Å². The molecular weight excluding hydrogens is 204 g/mol. The van der Waals surface area contributed by atoms with E-state index in [1.165, 1.54) is 0 Å². The van der Waals surface area contributed by atoms with E-state index in [1.54, 1.807) is 24.5 Å². The number of nitrogens with one attached hydrogen (secondary N) is 1. The number of pyridine rings is 1. The van der Waals surface area contributed by atoms with E-state index in [0.717, 1.165) is 5.69 Å². The smallest absolute Gasteiger partial charge is 0.264 e. The lowest BCUT2D eigenvalue weighted by atomic mass is 10.4. The van der Waals surface area contributed by atoms with Gasteiger partial charge in [-0.3, -0.25) is 9.54 Å². The summed E-state index contributed by atoms with van der Waals surface area (Å²) in [5, 5.41) is 3.00. The number of rotatable bonds is 5. The van der Waals surface area contributed by atoms with Crippen molar-refractivity contribution in [2.75, 3.05) is 17.6 Å². The molecular formula is C8H12N2O3S. The second-order valence-corrected chi connectivity index (χ2v) is 4.37. The van der Waals surface area contributed by atoms with E-state index < -0.39 is 10.1 Å². The van der Waals surface area contributed by atoms with Crippen LogP contribution in [0.15, 0.2) is 24.5 Å². The summed E-state index contributed by atoms with van der Waals surface area (Å²) in [6.45, 7) is 0.504. The van der Waals surface area contributed by atoms with Crippen LogP contribution < -0.4 is 5.32 Å². The van der Waals surface area contributed by atoms with Gasteiger partial charge in [0.2, 0.25) is 0 Å². The molecule has 0 spiro atoms. The van der Waals surface area contributed by atoms with Crippen molar-refractivity contribution in [1.82, 2.24) is 4.98 Å². The van der Waals surface area contributed by atoms with Gasteiger partial charge in [-0.2, -0.15) is 8.42 Å². The number of nitrogens with zero attached hydrogens (tertiary/aromatic N) is 1. The fourth-order valence-electron chi connectivity index (χ4n) is 0.957. The number of anilines is 1. The lowest BCUT2D eigenvalue weighted by Gasteiger charge is -2.03. The zero-order valence-corrected chi connectivity index (χ0v) is 8.37. The quantitative estimate of drug-likeness (QED) is 0.561. The third-order valence-corrected chi connectivity index (χ3v) is 2.39. The summed E-state index contributed by atoms with van der Waals surface area (Å²) >= 11 is 0. The molecule has 5 nitrogen and oxygen atoms in total. The van der Waals surface area contributed by atoms with Crippen LogP contribution in [-0.4, -0.2) is 30.3 Å². The molecule has 1 rings (SSSR count). The van der Waals surface area contributed by atoms with Crippen molar-refractivity contribution in [2.45, 2.75) is 6.42 Å². The van der Waals surface area contributed by atoms with Crippen molar-refractivity contribution in [3.8, 4) is 0 Å². The van der Waals surface area contributed by atoms with E-state index in [0.29, 0.717) is 13.0 Å². The van der Waals surface area contributed by atoms with E-state index in [9.17, 15) is 8.42 Å². The molecule has 0 unspecified atom stereocenters. The van der Waals surface area contributed by atoms with Crippen LogP contribution in [0.25, 0.3) is 0 Å². The van der Waals surface area contributed by atoms with Crippen molar-refractivity contribution in [3.05, 3.63) is 24.5 Å². The van der Waals surface area contributed by atoms with Gasteiger partial charge in [0.15, 0.2) is 0 Å². The summed E-state index contributed by atoms with van der Waals surface area (Å²) in [5.41, 5.74) is 0.885. The van der Waals surface area contributed by atoms with Gasteiger partial charge in [0.1, 0.15) is 0 Å². The molecule has 0 aromatic carbocycles. The maximum Gasteiger partial charge on any atom is 0.264 e. The molecule has 14 heavy (non-hydrogen) atoms. The van der Waals surface area contributed by atoms with Gasteiger partial charge in [0.05, 0.1) is 5.75 Å². The fraction of sp³-hybridized carbons (Fsp3) is 0.375. The van der Waals surface area contributed by atoms with Gasteiger partial charge in [-0.1, -0.05) is 0 Å². The summed E-state index contributed by atoms with van der Waals surface area (Å²) in [6.07, 6.45) is 3.66. The van der Waals surface area contributed by atoms with Gasteiger partial charge in [-0.15, -0.1) is 0 Å². The number of hydrogen-bond acceptors (Lipinski definition) is 4. The first kappa shape index (κ1) is 10.9. The molecule has 0 amide bonds. The Morgan fingerprint density at radius 1 is 1.36 bits per heavy atom. The zero-order valence-electron chi connectivity index (χ0n) is 7.55. The van der Waals surface area contributed by atoms with Gasteiger partial charge in [0.25, 0.3) is 10.1 Å². The SMILES string of the molecule is O=S(=O)(O)CCCNc1ccncc1. The Bertz CT molecular complexity index is 363. The lowest BCUT2D eigenvalue weighted by Crippen LogP contribution is -2.10. The normalized spacial score (nSPS) is 11.2. The minimum atomic E-state index is -3.83. The molecule has 0 aliphatic rings. The fourth-order valence-corrected chi connectivity index (χ4v) is 1.47. The molecule has 0 saturated carbocycles. The molecule has 0 radical (unpaired) electrons. The molecule has 1 heterocycles. The predicted molar refractivity (Wildman–Crippen MR) is 53.8 cm³/mol. The van der Waals surface area contributed by atoms with E-state index in [4.69, 9.17) is 4.55 Å². The van der Waals surface area contributed by atoms with Gasteiger partial charge >= 0.3 is 0 Å². The maximum atomic E-state index is 10.4. The van der Waals surface area contributed by atoms with Crippen LogP contribution >= 0.6 is 0 Å². The van der Waals surface area contributed by atoms with Crippen LogP contribution in [0.4, 0.5) is 5.69 Å². The summed E-state index contributed by atoms with van der Waals surface area (Å²) in [6, 6.07) is 3.57. The van der Waals surface area contributed by atoms with Gasteiger partial charge < -0.3 is 5.32 Å². The lowest BCUT2D eigenvalue weighted by molar-refractivity contribution is 0.481. The van der Waals surface area contributed by atoms with E-state index >= 15 is 0 Å². The first-order chi connectivity index (χ1) is 6.58. The Morgan fingerprint density at radius 3 is 2.57 bits per heavy atom. The first-order valence-electron chi connectivity index (χ1n) is 4.17. The average molecular weight is 216 g/mol. The van der Waals surface area contributed by atoms with Crippen LogP contribution in [0.2, 0.25) is 0 Å². The summed E-state index contributed by atoms with van der Waals surface area (Å²) < 4.78 is 29.2. The van der Waals surface area contributed by atoms with Gasteiger partial charge in [-0.25, -0.2) is 0 Å². The highest BCUT2D eigenvalue weighted by Crippen LogP contribution is 2.02. The minimum Gasteiger partial charge on any atom is -0.385 e. The molecule has 0 atom stereocenters. The highest BCUT2D eigenvalue weighted by atomic mass is 32.2. The maximum absolute atomic E-state index is 10.4. The topological polar surface area (TPSA) is 79.3 Å². The highest BCUT2D eigenvalue weighted by molar-refractivity contribution is 7.85. The molecule has 0 saturated heterocycles. The van der Waals surface area contributed by atoms with Crippen molar-refractivity contribution in [1.29, 1.82) is 0 Å². The second-order valence-electron chi connectivity index (χ2n) is 2.80. The number of hydrogen-bond donors (Lipinski definition) is 2. The van der Waals surface area contributed by atoms with Crippen molar-refractivity contribution >= 4 is 15.8 Å². The largest absolute Gasteiger partial charge is 0.385 e. The Kier molecular flexibility index (Phi) is 3.84. The third kappa shape index (κ3) is 4.78. The van der Waals surface area contributed by atoms with E-state index in [1.807, 2.05) is 0 Å². The molecule has 0 aliphatic carbocycles. The summed E-state index contributed by atoms with van der Waals surface area (Å²) in [7, 11) is -3.83. The summed E-state index contributed by atoms with van der Waals surface area (Å²) in [5.74, 6) is -0.217. The molecule has 2 N–H and O–H groups in total. The standard InChI is InChI=1S/C8H12N2O3S/c11-14(12,13)7-1-4-10-8-2-5-9-6-3-8/h2-3,5-6H,1,4,7H2,(H,9,10)(H,11,12,13). The van der Waals surface area contributed by atoms with Crippen LogP contribution in [0, 0.1) is 0 Å². The van der Waals surface area contributed by atoms with Gasteiger partial charge in [0, 0.05) is 24.6 Å². The molecule has 1 aromatic rings. The molecule has 78 valence electrons. The van der Waals surface area contributed by atoms with Crippen molar-refractivity contribution in [2.24, 2.45) is 0 Å². The third-order valence-electron chi connectivity index (χ3n) is 1.59. The molecule has 6 heteroatoms. The second kappa shape index (κ2) is 4.92. The Hall–Kier alpha value is -1.14. The molecule has 0 aliphatic heterocycles. The average Bonchev–Trinajstić information content (AvgIpc) is 2.13. The van der Waals surface area contributed by atoms with Gasteiger partial charge in [-0.05, 0) is 18.6 Å². The number of aromatic nitrogens is 1. The van der Waals surface area contributed by atoms with Crippen LogP contribution in [0.5, 0.6) is 0 Å². The van der Waals surface area contributed by atoms with Crippen molar-refractivity contribution in [3.63, 3.8) is 0 Å². The van der Waals surface area contributed by atoms with Crippen LogP contribution in [0.1, 0.15) is 6.42 Å². The highest BCUT2D eigenvalue weighted by Gasteiger charge is 2.02. The monoisotopic (exact) mass is 216 g/mol. The van der Waals surface area contributed by atoms with E-state index in [2.05, 4.69) is 10.3 Å². The van der Waals surface area contributed by atoms with E-state index in [-0.39, 0.29) is 5.75 Å². The zero-order chi connectivity index (χ0) is 10.4. The molecule has 0 fully saturated rings.